The average molecular weight is 293 g/mol. The standard InChI is InChI=1S/C14H16FN3O3/c1-10-17-13(18-21-10)9-14(19)16-7-2-8-20-12-5-3-11(15)4-6-12/h3-6H,2,7-9H2,1H3,(H,16,19). The number of aryl methyl sites for hydroxylation is 1. The molecule has 0 aliphatic carbocycles. The molecule has 1 heterocycles. The first-order valence-electron chi connectivity index (χ1n) is 6.58. The van der Waals surface area contributed by atoms with E-state index >= 15 is 0 Å². The Morgan fingerprint density at radius 1 is 1.38 bits per heavy atom. The third-order valence-electron chi connectivity index (χ3n) is 2.61. The van der Waals surface area contributed by atoms with Crippen LogP contribution in [0.5, 0.6) is 5.75 Å². The van der Waals surface area contributed by atoms with Crippen molar-refractivity contribution < 1.29 is 18.4 Å². The van der Waals surface area contributed by atoms with Gasteiger partial charge < -0.3 is 14.6 Å². The van der Waals surface area contributed by atoms with Gasteiger partial charge in [-0.1, -0.05) is 5.16 Å². The summed E-state index contributed by atoms with van der Waals surface area (Å²) in [5.41, 5.74) is 0. The van der Waals surface area contributed by atoms with E-state index in [-0.39, 0.29) is 18.1 Å². The molecule has 1 aromatic heterocycles. The lowest BCUT2D eigenvalue weighted by Gasteiger charge is -2.06. The molecule has 0 aliphatic rings. The Labute approximate surface area is 121 Å². The summed E-state index contributed by atoms with van der Waals surface area (Å²) >= 11 is 0. The highest BCUT2D eigenvalue weighted by molar-refractivity contribution is 5.77. The molecule has 2 rings (SSSR count). The number of benzene rings is 1. The van der Waals surface area contributed by atoms with Crippen molar-refractivity contribution >= 4 is 5.91 Å². The van der Waals surface area contributed by atoms with Crippen molar-refractivity contribution in [2.24, 2.45) is 0 Å². The molecule has 0 saturated heterocycles. The topological polar surface area (TPSA) is 77.2 Å². The minimum atomic E-state index is -0.300. The third-order valence-corrected chi connectivity index (χ3v) is 2.61. The molecule has 0 radical (unpaired) electrons. The molecule has 7 heteroatoms. The minimum absolute atomic E-state index is 0.0934. The van der Waals surface area contributed by atoms with Crippen LogP contribution in [-0.4, -0.2) is 29.2 Å². The van der Waals surface area contributed by atoms with E-state index < -0.39 is 0 Å². The van der Waals surface area contributed by atoms with Crippen molar-refractivity contribution in [1.82, 2.24) is 15.5 Å². The summed E-state index contributed by atoms with van der Waals surface area (Å²) in [6, 6.07) is 5.80. The number of hydrogen-bond acceptors (Lipinski definition) is 5. The summed E-state index contributed by atoms with van der Waals surface area (Å²) in [4.78, 5) is 15.5. The fraction of sp³-hybridized carbons (Fsp3) is 0.357. The molecule has 0 unspecified atom stereocenters. The lowest BCUT2D eigenvalue weighted by molar-refractivity contribution is -0.120. The highest BCUT2D eigenvalue weighted by Gasteiger charge is 2.08. The second-order valence-electron chi connectivity index (χ2n) is 4.41. The average Bonchev–Trinajstić information content (AvgIpc) is 2.86. The predicted molar refractivity (Wildman–Crippen MR) is 72.3 cm³/mol. The number of hydrogen-bond donors (Lipinski definition) is 1. The van der Waals surface area contributed by atoms with E-state index in [1.54, 1.807) is 19.1 Å². The van der Waals surface area contributed by atoms with Gasteiger partial charge in [0.2, 0.25) is 11.8 Å². The number of carbonyl (C=O) groups is 1. The highest BCUT2D eigenvalue weighted by atomic mass is 19.1. The summed E-state index contributed by atoms with van der Waals surface area (Å²) in [5.74, 6) is 0.937. The van der Waals surface area contributed by atoms with E-state index in [1.807, 2.05) is 0 Å². The van der Waals surface area contributed by atoms with Crippen LogP contribution in [0.3, 0.4) is 0 Å². The third kappa shape index (κ3) is 5.21. The largest absolute Gasteiger partial charge is 0.494 e. The molecular weight excluding hydrogens is 277 g/mol. The van der Waals surface area contributed by atoms with Crippen LogP contribution in [0.1, 0.15) is 18.1 Å². The Bertz CT molecular complexity index is 583. The molecule has 112 valence electrons. The van der Waals surface area contributed by atoms with Crippen molar-refractivity contribution in [1.29, 1.82) is 0 Å². The zero-order valence-corrected chi connectivity index (χ0v) is 11.6. The molecule has 2 aromatic rings. The van der Waals surface area contributed by atoms with Gasteiger partial charge in [-0.3, -0.25) is 4.79 Å². The predicted octanol–water partition coefficient (Wildman–Crippen LogP) is 1.64. The maximum Gasteiger partial charge on any atom is 0.227 e. The summed E-state index contributed by atoms with van der Waals surface area (Å²) in [6.07, 6.45) is 0.741. The number of nitrogens with zero attached hydrogens (tertiary/aromatic N) is 2. The fourth-order valence-corrected chi connectivity index (χ4v) is 1.64. The van der Waals surface area contributed by atoms with Gasteiger partial charge >= 0.3 is 0 Å². The van der Waals surface area contributed by atoms with Crippen LogP contribution in [0.15, 0.2) is 28.8 Å². The molecule has 0 spiro atoms. The number of amides is 1. The first kappa shape index (κ1) is 15.0. The van der Waals surface area contributed by atoms with Gasteiger partial charge in [0, 0.05) is 13.5 Å². The lowest BCUT2D eigenvalue weighted by atomic mass is 10.3. The first-order valence-corrected chi connectivity index (χ1v) is 6.58. The molecule has 0 saturated carbocycles. The van der Waals surface area contributed by atoms with E-state index in [0.29, 0.717) is 37.0 Å². The SMILES string of the molecule is Cc1nc(CC(=O)NCCCOc2ccc(F)cc2)no1. The molecule has 0 bridgehead atoms. The monoisotopic (exact) mass is 293 g/mol. The van der Waals surface area contributed by atoms with Crippen molar-refractivity contribution in [3.8, 4) is 5.75 Å². The second-order valence-corrected chi connectivity index (χ2v) is 4.41. The van der Waals surface area contributed by atoms with E-state index in [4.69, 9.17) is 9.26 Å². The second kappa shape index (κ2) is 7.37. The number of nitrogens with one attached hydrogen (secondary N) is 1. The van der Waals surface area contributed by atoms with Crippen molar-refractivity contribution in [3.05, 3.63) is 41.8 Å². The van der Waals surface area contributed by atoms with Gasteiger partial charge in [0.05, 0.1) is 13.0 Å². The molecule has 6 nitrogen and oxygen atoms in total. The quantitative estimate of drug-likeness (QED) is 0.785. The smallest absolute Gasteiger partial charge is 0.227 e. The van der Waals surface area contributed by atoms with Gasteiger partial charge in [-0.25, -0.2) is 4.39 Å². The van der Waals surface area contributed by atoms with Gasteiger partial charge in [-0.2, -0.15) is 4.98 Å². The van der Waals surface area contributed by atoms with E-state index in [0.717, 1.165) is 0 Å². The molecule has 0 atom stereocenters. The number of ether oxygens (including phenoxy) is 1. The van der Waals surface area contributed by atoms with Gasteiger partial charge in [0.15, 0.2) is 5.82 Å². The first-order chi connectivity index (χ1) is 10.1. The Hall–Kier alpha value is -2.44. The Balaban J connectivity index is 1.59. The van der Waals surface area contributed by atoms with Crippen LogP contribution in [0.25, 0.3) is 0 Å². The molecule has 0 fully saturated rings. The maximum atomic E-state index is 12.7. The molecule has 0 aliphatic heterocycles. The zero-order valence-electron chi connectivity index (χ0n) is 11.6. The number of carbonyl (C=O) groups excluding carboxylic acids is 1. The summed E-state index contributed by atoms with van der Waals surface area (Å²) in [7, 11) is 0. The molecule has 21 heavy (non-hydrogen) atoms. The summed E-state index contributed by atoms with van der Waals surface area (Å²) in [5, 5.41) is 6.38. The van der Waals surface area contributed by atoms with Crippen molar-refractivity contribution in [3.63, 3.8) is 0 Å². The minimum Gasteiger partial charge on any atom is -0.494 e. The highest BCUT2D eigenvalue weighted by Crippen LogP contribution is 2.10. The number of aromatic nitrogens is 2. The zero-order chi connectivity index (χ0) is 15.1. The van der Waals surface area contributed by atoms with Crippen LogP contribution >= 0.6 is 0 Å². The van der Waals surface area contributed by atoms with E-state index in [1.165, 1.54) is 12.1 Å². The maximum absolute atomic E-state index is 12.7. The van der Waals surface area contributed by atoms with Gasteiger partial charge in [-0.15, -0.1) is 0 Å². The Kier molecular flexibility index (Phi) is 5.25. The fourth-order valence-electron chi connectivity index (χ4n) is 1.64. The van der Waals surface area contributed by atoms with Crippen molar-refractivity contribution in [2.75, 3.05) is 13.2 Å². The molecule has 1 amide bonds. The van der Waals surface area contributed by atoms with Crippen LogP contribution in [0.2, 0.25) is 0 Å². The van der Waals surface area contributed by atoms with Crippen LogP contribution < -0.4 is 10.1 Å². The molecule has 1 N–H and O–H groups in total. The number of halogens is 1. The van der Waals surface area contributed by atoms with E-state index in [2.05, 4.69) is 15.5 Å². The Morgan fingerprint density at radius 2 is 2.14 bits per heavy atom. The van der Waals surface area contributed by atoms with E-state index in [9.17, 15) is 9.18 Å². The van der Waals surface area contributed by atoms with Crippen LogP contribution in [0, 0.1) is 12.7 Å². The van der Waals surface area contributed by atoms with Crippen LogP contribution in [-0.2, 0) is 11.2 Å². The summed E-state index contributed by atoms with van der Waals surface area (Å²) < 4.78 is 22.9. The van der Waals surface area contributed by atoms with Gasteiger partial charge in [0.25, 0.3) is 0 Å². The van der Waals surface area contributed by atoms with Crippen LogP contribution in [0.4, 0.5) is 4.39 Å². The normalized spacial score (nSPS) is 10.4. The lowest BCUT2D eigenvalue weighted by Crippen LogP contribution is -2.27. The van der Waals surface area contributed by atoms with Gasteiger partial charge in [0.1, 0.15) is 11.6 Å². The Morgan fingerprint density at radius 3 is 2.81 bits per heavy atom. The number of rotatable bonds is 7. The summed E-state index contributed by atoms with van der Waals surface area (Å²) in [6.45, 7) is 2.59. The van der Waals surface area contributed by atoms with Gasteiger partial charge in [-0.05, 0) is 30.7 Å². The van der Waals surface area contributed by atoms with Crippen molar-refractivity contribution in [2.45, 2.75) is 19.8 Å². The molecular formula is C14H16FN3O3. The molecule has 1 aromatic carbocycles.